The molecule has 6 nitrogen and oxygen atoms in total. The van der Waals surface area contributed by atoms with E-state index in [0.29, 0.717) is 28.5 Å². The third-order valence-corrected chi connectivity index (χ3v) is 4.37. The number of amides is 1. The zero-order valence-corrected chi connectivity index (χ0v) is 17.0. The predicted molar refractivity (Wildman–Crippen MR) is 107 cm³/mol. The molecule has 150 valence electrons. The number of carboxylic acid groups (broad SMARTS) is 1. The van der Waals surface area contributed by atoms with Crippen molar-refractivity contribution in [2.45, 2.75) is 38.8 Å². The summed E-state index contributed by atoms with van der Waals surface area (Å²) in [6.07, 6.45) is 0.594. The van der Waals surface area contributed by atoms with Crippen LogP contribution in [0.25, 0.3) is 0 Å². The molecular formula is C21H24ClNO5. The molecule has 0 aliphatic heterocycles. The minimum absolute atomic E-state index is 0.140. The Morgan fingerprint density at radius 3 is 2.39 bits per heavy atom. The van der Waals surface area contributed by atoms with Gasteiger partial charge in [-0.2, -0.15) is 0 Å². The van der Waals surface area contributed by atoms with Crippen LogP contribution < -0.4 is 14.8 Å². The van der Waals surface area contributed by atoms with Gasteiger partial charge in [0.2, 0.25) is 0 Å². The number of ether oxygens (including phenoxy) is 2. The van der Waals surface area contributed by atoms with Gasteiger partial charge < -0.3 is 19.9 Å². The third kappa shape index (κ3) is 5.63. The quantitative estimate of drug-likeness (QED) is 0.694. The van der Waals surface area contributed by atoms with Gasteiger partial charge in [0.15, 0.2) is 5.60 Å². The number of carbonyl (C=O) groups is 2. The third-order valence-electron chi connectivity index (χ3n) is 4.14. The van der Waals surface area contributed by atoms with Crippen molar-refractivity contribution in [2.75, 3.05) is 7.11 Å². The molecule has 0 saturated carbocycles. The Balaban J connectivity index is 2.00. The van der Waals surface area contributed by atoms with Gasteiger partial charge in [0, 0.05) is 11.1 Å². The van der Waals surface area contributed by atoms with Crippen molar-refractivity contribution in [3.63, 3.8) is 0 Å². The topological polar surface area (TPSA) is 84.9 Å². The molecule has 0 heterocycles. The van der Waals surface area contributed by atoms with E-state index in [9.17, 15) is 9.59 Å². The summed E-state index contributed by atoms with van der Waals surface area (Å²) in [4.78, 5) is 23.7. The average Bonchev–Trinajstić information content (AvgIpc) is 2.62. The molecule has 0 aliphatic rings. The number of carbonyl (C=O) groups excluding carboxylic acids is 1. The zero-order chi connectivity index (χ0) is 20.9. The standard InChI is InChI=1S/C21H24ClNO5/c1-13(23-19(24)17-12-15(22)7-10-18(17)27-4)11-14-5-8-16(9-6-14)28-21(2,3)20(25)26/h5-10,12-13H,11H2,1-4H3,(H,23,24)(H,25,26). The van der Waals surface area contributed by atoms with Crippen LogP contribution in [0.2, 0.25) is 5.02 Å². The highest BCUT2D eigenvalue weighted by Gasteiger charge is 2.29. The molecule has 0 fully saturated rings. The molecule has 2 aromatic rings. The van der Waals surface area contributed by atoms with Crippen molar-refractivity contribution in [1.82, 2.24) is 5.32 Å². The van der Waals surface area contributed by atoms with Crippen LogP contribution in [-0.2, 0) is 11.2 Å². The molecule has 1 atom stereocenters. The van der Waals surface area contributed by atoms with Crippen LogP contribution in [0.5, 0.6) is 11.5 Å². The van der Waals surface area contributed by atoms with Crippen molar-refractivity contribution < 1.29 is 24.2 Å². The molecule has 2 aromatic carbocycles. The Morgan fingerprint density at radius 1 is 1.18 bits per heavy atom. The van der Waals surface area contributed by atoms with Gasteiger partial charge in [0.25, 0.3) is 5.91 Å². The minimum Gasteiger partial charge on any atom is -0.496 e. The lowest BCUT2D eigenvalue weighted by Gasteiger charge is -2.21. The normalized spacial score (nSPS) is 12.2. The Hall–Kier alpha value is -2.73. The van der Waals surface area contributed by atoms with E-state index >= 15 is 0 Å². The zero-order valence-electron chi connectivity index (χ0n) is 16.3. The van der Waals surface area contributed by atoms with E-state index in [4.69, 9.17) is 26.2 Å². The van der Waals surface area contributed by atoms with Gasteiger partial charge in [-0.25, -0.2) is 4.79 Å². The molecule has 0 aromatic heterocycles. The van der Waals surface area contributed by atoms with Gasteiger partial charge in [-0.15, -0.1) is 0 Å². The lowest BCUT2D eigenvalue weighted by atomic mass is 10.1. The van der Waals surface area contributed by atoms with Crippen molar-refractivity contribution in [3.8, 4) is 11.5 Å². The number of rotatable bonds is 8. The molecule has 28 heavy (non-hydrogen) atoms. The molecule has 1 unspecified atom stereocenters. The van der Waals surface area contributed by atoms with Crippen LogP contribution in [0, 0.1) is 0 Å². The molecule has 2 N–H and O–H groups in total. The first kappa shape index (κ1) is 21.6. The second-order valence-electron chi connectivity index (χ2n) is 6.98. The summed E-state index contributed by atoms with van der Waals surface area (Å²) in [6.45, 7) is 4.88. The fourth-order valence-corrected chi connectivity index (χ4v) is 2.77. The van der Waals surface area contributed by atoms with Gasteiger partial charge >= 0.3 is 5.97 Å². The first-order valence-electron chi connectivity index (χ1n) is 8.78. The lowest BCUT2D eigenvalue weighted by Crippen LogP contribution is -2.37. The largest absolute Gasteiger partial charge is 0.496 e. The first-order valence-corrected chi connectivity index (χ1v) is 9.16. The van der Waals surface area contributed by atoms with E-state index in [1.807, 2.05) is 19.1 Å². The van der Waals surface area contributed by atoms with E-state index in [1.165, 1.54) is 21.0 Å². The predicted octanol–water partition coefficient (Wildman–Crippen LogP) is 3.95. The highest BCUT2D eigenvalue weighted by atomic mass is 35.5. The summed E-state index contributed by atoms with van der Waals surface area (Å²) in [5, 5.41) is 12.5. The molecule has 7 heteroatoms. The minimum atomic E-state index is -1.31. The number of aliphatic carboxylic acids is 1. The highest BCUT2D eigenvalue weighted by molar-refractivity contribution is 6.31. The summed E-state index contributed by atoms with van der Waals surface area (Å²) in [5.74, 6) is -0.382. The number of hydrogen-bond acceptors (Lipinski definition) is 4. The summed E-state index contributed by atoms with van der Waals surface area (Å²) < 4.78 is 10.7. The van der Waals surface area contributed by atoms with Crippen LogP contribution >= 0.6 is 11.6 Å². The molecule has 0 bridgehead atoms. The molecule has 0 saturated heterocycles. The van der Waals surface area contributed by atoms with E-state index in [2.05, 4.69) is 5.32 Å². The Morgan fingerprint density at radius 2 is 1.82 bits per heavy atom. The van der Waals surface area contributed by atoms with Gasteiger partial charge in [-0.05, 0) is 63.1 Å². The SMILES string of the molecule is COc1ccc(Cl)cc1C(=O)NC(C)Cc1ccc(OC(C)(C)C(=O)O)cc1. The summed E-state index contributed by atoms with van der Waals surface area (Å²) in [6, 6.07) is 11.9. The number of methoxy groups -OCH3 is 1. The van der Waals surface area contributed by atoms with Gasteiger partial charge in [-0.1, -0.05) is 23.7 Å². The maximum absolute atomic E-state index is 12.5. The van der Waals surface area contributed by atoms with E-state index < -0.39 is 11.6 Å². The summed E-state index contributed by atoms with van der Waals surface area (Å²) in [7, 11) is 1.50. The molecular weight excluding hydrogens is 382 g/mol. The van der Waals surface area contributed by atoms with Gasteiger partial charge in [-0.3, -0.25) is 4.79 Å². The van der Waals surface area contributed by atoms with E-state index in [0.717, 1.165) is 5.56 Å². The lowest BCUT2D eigenvalue weighted by molar-refractivity contribution is -0.152. The van der Waals surface area contributed by atoms with E-state index in [1.54, 1.807) is 30.3 Å². The van der Waals surface area contributed by atoms with Crippen LogP contribution in [0.3, 0.4) is 0 Å². The number of hydrogen-bond donors (Lipinski definition) is 2. The average molecular weight is 406 g/mol. The fourth-order valence-electron chi connectivity index (χ4n) is 2.60. The van der Waals surface area contributed by atoms with E-state index in [-0.39, 0.29) is 11.9 Å². The highest BCUT2D eigenvalue weighted by Crippen LogP contribution is 2.23. The van der Waals surface area contributed by atoms with Gasteiger partial charge in [0.05, 0.1) is 12.7 Å². The van der Waals surface area contributed by atoms with Crippen molar-refractivity contribution in [1.29, 1.82) is 0 Å². The maximum atomic E-state index is 12.5. The van der Waals surface area contributed by atoms with Crippen molar-refractivity contribution in [3.05, 3.63) is 58.6 Å². The molecule has 0 spiro atoms. The second kappa shape index (κ2) is 8.97. The smallest absolute Gasteiger partial charge is 0.347 e. The number of carboxylic acids is 1. The Labute approximate surface area is 169 Å². The first-order chi connectivity index (χ1) is 13.1. The fraction of sp³-hybridized carbons (Fsp3) is 0.333. The molecule has 2 rings (SSSR count). The van der Waals surface area contributed by atoms with Crippen LogP contribution in [0.1, 0.15) is 36.7 Å². The Kier molecular flexibility index (Phi) is 6.91. The summed E-state index contributed by atoms with van der Waals surface area (Å²) >= 11 is 5.98. The van der Waals surface area contributed by atoms with Gasteiger partial charge in [0.1, 0.15) is 11.5 Å². The number of nitrogens with one attached hydrogen (secondary N) is 1. The van der Waals surface area contributed by atoms with Crippen molar-refractivity contribution >= 4 is 23.5 Å². The second-order valence-corrected chi connectivity index (χ2v) is 7.42. The molecule has 1 amide bonds. The van der Waals surface area contributed by atoms with Crippen LogP contribution in [-0.4, -0.2) is 35.7 Å². The van der Waals surface area contributed by atoms with Crippen molar-refractivity contribution in [2.24, 2.45) is 0 Å². The number of halogens is 1. The Bertz CT molecular complexity index is 848. The summed E-state index contributed by atoms with van der Waals surface area (Å²) in [5.41, 5.74) is 0.0477. The van der Waals surface area contributed by atoms with Crippen LogP contribution in [0.15, 0.2) is 42.5 Å². The van der Waals surface area contributed by atoms with Crippen LogP contribution in [0.4, 0.5) is 0 Å². The molecule has 0 aliphatic carbocycles. The maximum Gasteiger partial charge on any atom is 0.347 e. The molecule has 0 radical (unpaired) electrons. The monoisotopic (exact) mass is 405 g/mol. The number of benzene rings is 2.